The minimum Gasteiger partial charge on any atom is -0.462 e. The van der Waals surface area contributed by atoms with Gasteiger partial charge in [0, 0.05) is 11.8 Å². The van der Waals surface area contributed by atoms with Gasteiger partial charge in [0.05, 0.1) is 36.6 Å². The molecular formula is C19H22N2O7S2. The third kappa shape index (κ3) is 6.29. The Balaban J connectivity index is 2.33. The normalized spacial score (nSPS) is 10.9. The second kappa shape index (κ2) is 10.2. The number of amides is 1. The molecule has 0 aliphatic rings. The fourth-order valence-corrected chi connectivity index (χ4v) is 4.70. The number of rotatable bonds is 9. The summed E-state index contributed by atoms with van der Waals surface area (Å²) in [5.41, 5.74) is 0.0377. The number of esters is 2. The van der Waals surface area contributed by atoms with Crippen LogP contribution in [-0.2, 0) is 30.8 Å². The number of sulfonamides is 1. The predicted octanol–water partition coefficient (Wildman–Crippen LogP) is 2.54. The zero-order valence-corrected chi connectivity index (χ0v) is 18.3. The van der Waals surface area contributed by atoms with Gasteiger partial charge in [-0.15, -0.1) is 11.3 Å². The molecule has 0 spiro atoms. The van der Waals surface area contributed by atoms with Gasteiger partial charge in [-0.25, -0.2) is 18.0 Å². The summed E-state index contributed by atoms with van der Waals surface area (Å²) in [4.78, 5) is 35.9. The van der Waals surface area contributed by atoms with E-state index in [2.05, 4.69) is 10.0 Å². The fraction of sp³-hybridized carbons (Fsp3) is 0.316. The van der Waals surface area contributed by atoms with Crippen molar-refractivity contribution < 1.29 is 32.3 Å². The molecule has 1 aromatic carbocycles. The lowest BCUT2D eigenvalue weighted by Crippen LogP contribution is -2.18. The third-order valence-electron chi connectivity index (χ3n) is 3.62. The van der Waals surface area contributed by atoms with Gasteiger partial charge in [-0.2, -0.15) is 0 Å². The highest BCUT2D eigenvalue weighted by molar-refractivity contribution is 7.94. The zero-order chi connectivity index (χ0) is 22.3. The van der Waals surface area contributed by atoms with E-state index in [9.17, 15) is 22.8 Å². The molecule has 2 rings (SSSR count). The second-order valence-electron chi connectivity index (χ2n) is 5.98. The quantitative estimate of drug-likeness (QED) is 0.557. The van der Waals surface area contributed by atoms with E-state index in [-0.39, 0.29) is 46.7 Å². The van der Waals surface area contributed by atoms with Crippen molar-refractivity contribution in [2.75, 3.05) is 17.9 Å². The zero-order valence-electron chi connectivity index (χ0n) is 16.7. The molecule has 1 aromatic heterocycles. The molecule has 11 heteroatoms. The smallest absolute Gasteiger partial charge is 0.338 e. The van der Waals surface area contributed by atoms with Gasteiger partial charge < -0.3 is 14.8 Å². The summed E-state index contributed by atoms with van der Waals surface area (Å²) in [5.74, 6) is -1.62. The van der Waals surface area contributed by atoms with Gasteiger partial charge in [0.15, 0.2) is 0 Å². The first-order valence-electron chi connectivity index (χ1n) is 9.01. The van der Waals surface area contributed by atoms with Crippen LogP contribution in [0.2, 0.25) is 0 Å². The van der Waals surface area contributed by atoms with E-state index in [1.54, 1.807) is 19.9 Å². The van der Waals surface area contributed by atoms with Gasteiger partial charge in [0.25, 0.3) is 10.0 Å². The molecule has 162 valence electrons. The fourth-order valence-electron chi connectivity index (χ4n) is 2.37. The largest absolute Gasteiger partial charge is 0.462 e. The summed E-state index contributed by atoms with van der Waals surface area (Å²) < 4.78 is 37.8. The van der Waals surface area contributed by atoms with Crippen LogP contribution in [0, 0.1) is 0 Å². The molecule has 2 N–H and O–H groups in total. The van der Waals surface area contributed by atoms with E-state index in [0.717, 1.165) is 11.3 Å². The number of carbonyl (C=O) groups is 3. The first kappa shape index (κ1) is 23.4. The maximum Gasteiger partial charge on any atom is 0.338 e. The average Bonchev–Trinajstić information content (AvgIpc) is 3.16. The standard InChI is InChI=1S/C19H22N2O7S2/c1-4-27-18(23)13-8-14(19(24)28-5-2)10-15(9-13)21-30(25,26)17-7-6-16(29-17)11-20-12(3)22/h6-10,21H,4-5,11H2,1-3H3,(H,20,22). The second-order valence-corrected chi connectivity index (χ2v) is 9.05. The van der Waals surface area contributed by atoms with Crippen LogP contribution in [0.4, 0.5) is 5.69 Å². The lowest BCUT2D eigenvalue weighted by atomic mass is 10.1. The van der Waals surface area contributed by atoms with E-state index >= 15 is 0 Å². The minimum atomic E-state index is -3.99. The number of nitrogens with one attached hydrogen (secondary N) is 2. The molecular weight excluding hydrogens is 432 g/mol. The molecule has 0 radical (unpaired) electrons. The Morgan fingerprint density at radius 1 is 0.967 bits per heavy atom. The Morgan fingerprint density at radius 3 is 2.03 bits per heavy atom. The van der Waals surface area contributed by atoms with Crippen LogP contribution < -0.4 is 10.0 Å². The van der Waals surface area contributed by atoms with Crippen LogP contribution in [0.5, 0.6) is 0 Å². The molecule has 0 fully saturated rings. The topological polar surface area (TPSA) is 128 Å². The molecule has 0 saturated carbocycles. The van der Waals surface area contributed by atoms with Crippen molar-refractivity contribution in [1.29, 1.82) is 0 Å². The van der Waals surface area contributed by atoms with Crippen LogP contribution >= 0.6 is 11.3 Å². The summed E-state index contributed by atoms with van der Waals surface area (Å²) in [6, 6.07) is 6.85. The summed E-state index contributed by atoms with van der Waals surface area (Å²) >= 11 is 0.990. The molecule has 2 aromatic rings. The van der Waals surface area contributed by atoms with Crippen molar-refractivity contribution in [3.05, 3.63) is 46.3 Å². The number of ether oxygens (including phenoxy) is 2. The number of thiophene rings is 1. The maximum atomic E-state index is 12.7. The molecule has 1 amide bonds. The first-order valence-corrected chi connectivity index (χ1v) is 11.3. The monoisotopic (exact) mass is 454 g/mol. The van der Waals surface area contributed by atoms with Crippen LogP contribution in [0.15, 0.2) is 34.5 Å². The lowest BCUT2D eigenvalue weighted by Gasteiger charge is -2.11. The molecule has 9 nitrogen and oxygen atoms in total. The summed E-state index contributed by atoms with van der Waals surface area (Å²) in [6.07, 6.45) is 0. The van der Waals surface area contributed by atoms with Crippen LogP contribution in [0.25, 0.3) is 0 Å². The van der Waals surface area contributed by atoms with Crippen molar-refractivity contribution >= 4 is 44.9 Å². The van der Waals surface area contributed by atoms with Crippen molar-refractivity contribution in [2.24, 2.45) is 0 Å². The highest BCUT2D eigenvalue weighted by Crippen LogP contribution is 2.25. The highest BCUT2D eigenvalue weighted by atomic mass is 32.2. The number of anilines is 1. The van der Waals surface area contributed by atoms with Gasteiger partial charge in [-0.05, 0) is 44.2 Å². The van der Waals surface area contributed by atoms with Gasteiger partial charge >= 0.3 is 11.9 Å². The van der Waals surface area contributed by atoms with Crippen LogP contribution in [-0.4, -0.2) is 39.5 Å². The Morgan fingerprint density at radius 2 is 1.53 bits per heavy atom. The number of hydrogen-bond acceptors (Lipinski definition) is 8. The van der Waals surface area contributed by atoms with Crippen LogP contribution in [0.1, 0.15) is 46.4 Å². The van der Waals surface area contributed by atoms with Crippen molar-refractivity contribution in [2.45, 2.75) is 31.5 Å². The molecule has 0 aliphatic carbocycles. The van der Waals surface area contributed by atoms with Gasteiger partial charge in [0.1, 0.15) is 4.21 Å². The predicted molar refractivity (Wildman–Crippen MR) is 111 cm³/mol. The van der Waals surface area contributed by atoms with Crippen molar-refractivity contribution in [3.8, 4) is 0 Å². The van der Waals surface area contributed by atoms with Crippen molar-refractivity contribution in [3.63, 3.8) is 0 Å². The Kier molecular flexibility index (Phi) is 7.95. The SMILES string of the molecule is CCOC(=O)c1cc(NS(=O)(=O)c2ccc(CNC(C)=O)s2)cc(C(=O)OCC)c1. The van der Waals surface area contributed by atoms with E-state index in [4.69, 9.17) is 9.47 Å². The van der Waals surface area contributed by atoms with Gasteiger partial charge in [-0.1, -0.05) is 0 Å². The molecule has 1 heterocycles. The Bertz CT molecular complexity index is 1010. The maximum absolute atomic E-state index is 12.7. The highest BCUT2D eigenvalue weighted by Gasteiger charge is 2.20. The molecule has 0 saturated heterocycles. The Labute approximate surface area is 178 Å². The van der Waals surface area contributed by atoms with E-state index in [1.165, 1.54) is 31.2 Å². The van der Waals surface area contributed by atoms with Crippen molar-refractivity contribution in [1.82, 2.24) is 5.32 Å². The van der Waals surface area contributed by atoms with E-state index in [0.29, 0.717) is 4.88 Å². The minimum absolute atomic E-state index is 0.0117. The summed E-state index contributed by atoms with van der Waals surface area (Å²) in [7, 11) is -3.99. The Hall–Kier alpha value is -2.92. The number of hydrogen-bond donors (Lipinski definition) is 2. The molecule has 0 bridgehead atoms. The molecule has 0 unspecified atom stereocenters. The number of benzene rings is 1. The van der Waals surface area contributed by atoms with Gasteiger partial charge in [-0.3, -0.25) is 9.52 Å². The summed E-state index contributed by atoms with van der Waals surface area (Å²) in [6.45, 7) is 5.08. The number of carbonyl (C=O) groups excluding carboxylic acids is 3. The lowest BCUT2D eigenvalue weighted by molar-refractivity contribution is -0.119. The summed E-state index contributed by atoms with van der Waals surface area (Å²) in [5, 5.41) is 2.59. The van der Waals surface area contributed by atoms with E-state index in [1.807, 2.05) is 0 Å². The van der Waals surface area contributed by atoms with E-state index < -0.39 is 22.0 Å². The molecule has 0 atom stereocenters. The van der Waals surface area contributed by atoms with Crippen LogP contribution in [0.3, 0.4) is 0 Å². The average molecular weight is 455 g/mol. The van der Waals surface area contributed by atoms with Gasteiger partial charge in [0.2, 0.25) is 5.91 Å². The molecule has 0 aliphatic heterocycles. The molecule has 30 heavy (non-hydrogen) atoms. The first-order chi connectivity index (χ1) is 14.2. The third-order valence-corrected chi connectivity index (χ3v) is 6.58.